The number of rotatable bonds is 39. The molecule has 0 rings (SSSR count). The van der Waals surface area contributed by atoms with Crippen LogP contribution in [0.5, 0.6) is 0 Å². The van der Waals surface area contributed by atoms with Crippen LogP contribution in [0.1, 0.15) is 236 Å². The zero-order valence-electron chi connectivity index (χ0n) is 49.4. The van der Waals surface area contributed by atoms with E-state index in [1.165, 1.54) is 74.5 Å². The van der Waals surface area contributed by atoms with Crippen LogP contribution in [-0.2, 0) is 44.0 Å². The van der Waals surface area contributed by atoms with E-state index < -0.39 is 68.1 Å². The Labute approximate surface area is 600 Å². The molecule has 0 aromatic heterocycles. The summed E-state index contributed by atoms with van der Waals surface area (Å²) in [6.07, 6.45) is 33.8. The maximum Gasteiger partial charge on any atom is 1.00 e. The van der Waals surface area contributed by atoms with Crippen molar-refractivity contribution in [2.24, 2.45) is 0 Å². The molecule has 0 saturated heterocycles. The van der Waals surface area contributed by atoms with Crippen molar-refractivity contribution in [1.82, 2.24) is 0 Å². The first-order valence-electron chi connectivity index (χ1n) is 26.4. The quantitative estimate of drug-likeness (QED) is 0.0163. The van der Waals surface area contributed by atoms with Gasteiger partial charge in [0.1, 0.15) is 30.4 Å². The molecule has 0 spiro atoms. The van der Waals surface area contributed by atoms with Crippen molar-refractivity contribution in [3.05, 3.63) is 69.9 Å². The predicted molar refractivity (Wildman–Crippen MR) is 301 cm³/mol. The van der Waals surface area contributed by atoms with Gasteiger partial charge < -0.3 is 43.0 Å². The van der Waals surface area contributed by atoms with Gasteiger partial charge in [-0.05, 0) is 176 Å². The zero-order valence-corrected chi connectivity index (χ0v) is 63.9. The second kappa shape index (κ2) is 51.4. The maximum absolute atomic E-state index is 11.1. The fourth-order valence-corrected chi connectivity index (χ4v) is 14.5. The summed E-state index contributed by atoms with van der Waals surface area (Å²) < 4.78 is 132. The van der Waals surface area contributed by atoms with Crippen LogP contribution in [0.15, 0.2) is 69.9 Å². The Kier molecular flexibility index (Phi) is 61.1. The molecule has 0 bridgehead atoms. The van der Waals surface area contributed by atoms with Crippen molar-refractivity contribution in [2.75, 3.05) is 0 Å². The standard InChI is InChI=1S/3C17H33O6PS.3K/c3*1-4-5-6-10-15(2)12-9-13-16(3)11-7-8-14-17(24(18,19)20)25(21,22)23;;;/h3*11-12,17H,4-10,13-14H2,1-3H3,(H2,18,19,20)(H,21,22,23);;;/q;;;3*+1/p-3/b3*15-12?,16-11+;;;. The largest absolute Gasteiger partial charge is 1.00 e. The summed E-state index contributed by atoms with van der Waals surface area (Å²) in [6.45, 7) is 18.9. The molecule has 78 heavy (non-hydrogen) atoms. The zero-order chi connectivity index (χ0) is 58.5. The van der Waals surface area contributed by atoms with Crippen molar-refractivity contribution in [3.8, 4) is 0 Å². The van der Waals surface area contributed by atoms with Crippen LogP contribution in [0.2, 0.25) is 0 Å². The van der Waals surface area contributed by atoms with Gasteiger partial charge in [0.2, 0.25) is 0 Å². The van der Waals surface area contributed by atoms with Gasteiger partial charge in [0.25, 0.3) is 0 Å². The van der Waals surface area contributed by atoms with E-state index in [1.807, 2.05) is 39.0 Å². The molecular weight excluding hydrogens is 1210 g/mol. The first-order valence-corrected chi connectivity index (χ1v) is 35.8. The minimum atomic E-state index is -5.00. The molecule has 27 heteroatoms. The molecule has 3 atom stereocenters. The van der Waals surface area contributed by atoms with Crippen molar-refractivity contribution in [1.29, 1.82) is 0 Å². The molecule has 3 unspecified atom stereocenters. The number of unbranched alkanes of at least 4 members (excludes halogenated alkanes) is 9. The molecule has 0 aromatic carbocycles. The summed E-state index contributed by atoms with van der Waals surface area (Å²) in [5.41, 5.74) is 7.63. The first-order chi connectivity index (χ1) is 34.4. The molecule has 0 radical (unpaired) electrons. The minimum absolute atomic E-state index is 0. The van der Waals surface area contributed by atoms with Gasteiger partial charge in [-0.3, -0.25) is 13.7 Å². The van der Waals surface area contributed by atoms with Crippen LogP contribution in [0.3, 0.4) is 0 Å². The molecule has 6 N–H and O–H groups in total. The molecular formula is C51H96K3O18P3S3. The van der Waals surface area contributed by atoms with Gasteiger partial charge >= 0.3 is 177 Å². The fraction of sp³-hybridized carbons (Fsp3) is 0.765. The average Bonchev–Trinajstić information content (AvgIpc) is 3.24. The van der Waals surface area contributed by atoms with Crippen molar-refractivity contribution < 1.29 is 236 Å². The van der Waals surface area contributed by atoms with E-state index in [0.29, 0.717) is 19.3 Å². The van der Waals surface area contributed by atoms with E-state index in [9.17, 15) is 52.6 Å². The van der Waals surface area contributed by atoms with Crippen LogP contribution >= 0.6 is 22.8 Å². The molecule has 0 fully saturated rings. The van der Waals surface area contributed by atoms with Gasteiger partial charge in [-0.2, -0.15) is 0 Å². The topological polar surface area (TPSA) is 344 Å². The van der Waals surface area contributed by atoms with Crippen LogP contribution < -0.4 is 154 Å². The van der Waals surface area contributed by atoms with Gasteiger partial charge in [0.05, 0.1) is 0 Å². The number of allylic oxidation sites excluding steroid dienone is 12. The summed E-state index contributed by atoms with van der Waals surface area (Å²) in [7, 11) is -29.8. The Morgan fingerprint density at radius 3 is 0.692 bits per heavy atom. The molecule has 18 nitrogen and oxygen atoms in total. The maximum atomic E-state index is 11.1. The van der Waals surface area contributed by atoms with Gasteiger partial charge in [-0.15, -0.1) is 0 Å². The molecule has 0 aromatic rings. The smallest absolute Gasteiger partial charge is 0.747 e. The van der Waals surface area contributed by atoms with Crippen LogP contribution in [0, 0.1) is 0 Å². The Morgan fingerprint density at radius 2 is 0.526 bits per heavy atom. The van der Waals surface area contributed by atoms with E-state index in [2.05, 4.69) is 59.8 Å². The second-order valence-electron chi connectivity index (χ2n) is 19.7. The Hall–Kier alpha value is 3.53. The van der Waals surface area contributed by atoms with E-state index in [0.717, 1.165) is 74.5 Å². The Balaban J connectivity index is -0.000000245. The SMILES string of the molecule is CCCCCC(C)=CCC/C(C)=C/CCCC(P(=O)(O)O)S(=O)(=O)[O-].CCCCCC(C)=CCC/C(C)=C/CCCC(P(=O)(O)O)S(=O)(=O)[O-].CCCCCC(C)=CCC/C(C)=C/CCCC(P(=O)(O)O)S(=O)(=O)[O-].[K+].[K+].[K+]. The van der Waals surface area contributed by atoms with Crippen LogP contribution in [0.25, 0.3) is 0 Å². The van der Waals surface area contributed by atoms with E-state index in [-0.39, 0.29) is 193 Å². The fourth-order valence-electron chi connectivity index (χ4n) is 7.58. The first kappa shape index (κ1) is 92.7. The van der Waals surface area contributed by atoms with Gasteiger partial charge in [0, 0.05) is 0 Å². The number of hydrogen-bond donors (Lipinski definition) is 6. The van der Waals surface area contributed by atoms with Crippen molar-refractivity contribution in [3.63, 3.8) is 0 Å². The van der Waals surface area contributed by atoms with Crippen LogP contribution in [0.4, 0.5) is 0 Å². The Bertz CT molecular complexity index is 2040. The van der Waals surface area contributed by atoms with E-state index >= 15 is 0 Å². The minimum Gasteiger partial charge on any atom is -0.747 e. The predicted octanol–water partition coefficient (Wildman–Crippen LogP) is 4.39. The summed E-state index contributed by atoms with van der Waals surface area (Å²) in [4.78, 5) is 47.5. The number of hydrogen-bond acceptors (Lipinski definition) is 12. The van der Waals surface area contributed by atoms with Gasteiger partial charge in [-0.25, -0.2) is 25.3 Å². The third kappa shape index (κ3) is 56.1. The van der Waals surface area contributed by atoms with E-state index in [1.54, 1.807) is 0 Å². The molecule has 0 amide bonds. The molecule has 0 saturated carbocycles. The molecule has 0 aliphatic heterocycles. The Morgan fingerprint density at radius 1 is 0.346 bits per heavy atom. The second-order valence-corrected chi connectivity index (χ2v) is 30.8. The van der Waals surface area contributed by atoms with Crippen molar-refractivity contribution in [2.45, 2.75) is 251 Å². The molecule has 0 heterocycles. The third-order valence-corrected chi connectivity index (χ3v) is 22.7. The average molecular weight is 1300 g/mol. The summed E-state index contributed by atoms with van der Waals surface area (Å²) in [5, 5.41) is 0. The van der Waals surface area contributed by atoms with Gasteiger partial charge in [-0.1, -0.05) is 129 Å². The van der Waals surface area contributed by atoms with Gasteiger partial charge in [0.15, 0.2) is 15.0 Å². The normalized spacial score (nSPS) is 14.8. The monoisotopic (exact) mass is 1300 g/mol. The molecule has 0 aliphatic rings. The third-order valence-electron chi connectivity index (χ3n) is 12.2. The van der Waals surface area contributed by atoms with E-state index in [4.69, 9.17) is 29.4 Å². The van der Waals surface area contributed by atoms with Crippen molar-refractivity contribution >= 4 is 53.1 Å². The molecule has 444 valence electrons. The summed E-state index contributed by atoms with van der Waals surface area (Å²) in [5.74, 6) is 0. The van der Waals surface area contributed by atoms with Crippen LogP contribution in [-0.4, -0.2) is 83.2 Å². The summed E-state index contributed by atoms with van der Waals surface area (Å²) >= 11 is 0. The molecule has 0 aliphatic carbocycles. The summed E-state index contributed by atoms with van der Waals surface area (Å²) in [6, 6.07) is 0.